The van der Waals surface area contributed by atoms with Crippen molar-refractivity contribution in [3.63, 3.8) is 0 Å². The lowest BCUT2D eigenvalue weighted by Gasteiger charge is -2.20. The van der Waals surface area contributed by atoms with Crippen molar-refractivity contribution in [2.24, 2.45) is 0 Å². The van der Waals surface area contributed by atoms with Crippen LogP contribution >= 0.6 is 0 Å². The van der Waals surface area contributed by atoms with Gasteiger partial charge < -0.3 is 15.4 Å². The highest BCUT2D eigenvalue weighted by molar-refractivity contribution is 5.99. The zero-order valence-corrected chi connectivity index (χ0v) is 13.8. The van der Waals surface area contributed by atoms with Gasteiger partial charge in [0.05, 0.1) is 13.2 Å². The van der Waals surface area contributed by atoms with Gasteiger partial charge in [0.15, 0.2) is 0 Å². The van der Waals surface area contributed by atoms with Crippen molar-refractivity contribution in [1.29, 1.82) is 0 Å². The number of nitrogens with zero attached hydrogens (tertiary/aromatic N) is 4. The fourth-order valence-corrected chi connectivity index (χ4v) is 3.41. The third-order valence-electron chi connectivity index (χ3n) is 4.67. The Bertz CT molecular complexity index is 970. The minimum atomic E-state index is -0.539. The number of hydrogen-bond acceptors (Lipinski definition) is 5. The van der Waals surface area contributed by atoms with Gasteiger partial charge in [-0.15, -0.1) is 0 Å². The molecule has 0 radical (unpaired) electrons. The fourth-order valence-electron chi connectivity index (χ4n) is 3.41. The SMILES string of the molecule is COc1cccc2c1nc(N)n1cc(C(=O)N3CCC[C@H]3CF)nc21. The van der Waals surface area contributed by atoms with E-state index in [0.29, 0.717) is 29.9 Å². The molecule has 1 aromatic carbocycles. The number of benzene rings is 1. The van der Waals surface area contributed by atoms with E-state index in [1.165, 1.54) is 0 Å². The Labute approximate surface area is 143 Å². The lowest BCUT2D eigenvalue weighted by molar-refractivity contribution is 0.0711. The van der Waals surface area contributed by atoms with Crippen molar-refractivity contribution in [3.05, 3.63) is 30.1 Å². The minimum Gasteiger partial charge on any atom is -0.494 e. The molecule has 1 aliphatic heterocycles. The molecule has 1 fully saturated rings. The van der Waals surface area contributed by atoms with Crippen LogP contribution in [0.3, 0.4) is 0 Å². The lowest BCUT2D eigenvalue weighted by atomic mass is 10.2. The number of likely N-dealkylation sites (tertiary alicyclic amines) is 1. The molecule has 0 unspecified atom stereocenters. The van der Waals surface area contributed by atoms with E-state index in [0.717, 1.165) is 11.8 Å². The summed E-state index contributed by atoms with van der Waals surface area (Å²) in [5, 5.41) is 0.732. The maximum absolute atomic E-state index is 13.1. The number of alkyl halides is 1. The fraction of sp³-hybridized carbons (Fsp3) is 0.353. The molecule has 1 atom stereocenters. The van der Waals surface area contributed by atoms with Gasteiger partial charge in [-0.05, 0) is 25.0 Å². The third-order valence-corrected chi connectivity index (χ3v) is 4.67. The smallest absolute Gasteiger partial charge is 0.274 e. The quantitative estimate of drug-likeness (QED) is 0.787. The second-order valence-electron chi connectivity index (χ2n) is 6.10. The number of anilines is 1. The van der Waals surface area contributed by atoms with E-state index in [1.807, 2.05) is 12.1 Å². The summed E-state index contributed by atoms with van der Waals surface area (Å²) in [7, 11) is 1.56. The number of aromatic nitrogens is 3. The molecule has 25 heavy (non-hydrogen) atoms. The summed E-state index contributed by atoms with van der Waals surface area (Å²) < 4.78 is 20.0. The van der Waals surface area contributed by atoms with Crippen molar-refractivity contribution >= 4 is 28.4 Å². The average Bonchev–Trinajstić information content (AvgIpc) is 3.28. The molecular formula is C17H18FN5O2. The summed E-state index contributed by atoms with van der Waals surface area (Å²) in [6.07, 6.45) is 3.05. The molecule has 0 spiro atoms. The van der Waals surface area contributed by atoms with Crippen LogP contribution in [0.15, 0.2) is 24.4 Å². The van der Waals surface area contributed by atoms with Crippen LogP contribution in [0.5, 0.6) is 5.75 Å². The summed E-state index contributed by atoms with van der Waals surface area (Å²) in [4.78, 5) is 23.1. The van der Waals surface area contributed by atoms with Crippen LogP contribution in [-0.2, 0) is 0 Å². The van der Waals surface area contributed by atoms with Crippen LogP contribution < -0.4 is 10.5 Å². The van der Waals surface area contributed by atoms with Crippen LogP contribution in [0.25, 0.3) is 16.6 Å². The largest absolute Gasteiger partial charge is 0.494 e. The number of amides is 1. The highest BCUT2D eigenvalue weighted by atomic mass is 19.1. The Morgan fingerprint density at radius 3 is 3.04 bits per heavy atom. The molecule has 130 valence electrons. The van der Waals surface area contributed by atoms with Gasteiger partial charge in [-0.25, -0.2) is 14.4 Å². The molecule has 2 aromatic heterocycles. The Morgan fingerprint density at radius 1 is 1.44 bits per heavy atom. The van der Waals surface area contributed by atoms with E-state index in [4.69, 9.17) is 10.5 Å². The number of nitrogens with two attached hydrogens (primary N) is 1. The zero-order chi connectivity index (χ0) is 17.6. The molecule has 8 heteroatoms. The van der Waals surface area contributed by atoms with E-state index in [9.17, 15) is 9.18 Å². The predicted octanol–water partition coefficient (Wildman–Crippen LogP) is 2.05. The Morgan fingerprint density at radius 2 is 2.28 bits per heavy atom. The molecule has 1 amide bonds. The highest BCUT2D eigenvalue weighted by Crippen LogP contribution is 2.29. The van der Waals surface area contributed by atoms with Crippen molar-refractivity contribution in [2.75, 3.05) is 26.1 Å². The average molecular weight is 343 g/mol. The standard InChI is InChI=1S/C17H18FN5O2/c1-25-13-6-2-5-11-14(13)21-17(19)23-9-12(20-15(11)23)16(24)22-7-3-4-10(22)8-18/h2,5-6,9-10H,3-4,7-8H2,1H3,(H2,19,21)/t10-/m0/s1. The van der Waals surface area contributed by atoms with Gasteiger partial charge in [-0.3, -0.25) is 9.20 Å². The highest BCUT2D eigenvalue weighted by Gasteiger charge is 2.31. The monoisotopic (exact) mass is 343 g/mol. The molecule has 0 saturated carbocycles. The summed E-state index contributed by atoms with van der Waals surface area (Å²) in [6, 6.07) is 5.09. The summed E-state index contributed by atoms with van der Waals surface area (Å²) in [5.41, 5.74) is 7.39. The molecule has 2 N–H and O–H groups in total. The molecule has 4 rings (SSSR count). The third kappa shape index (κ3) is 2.36. The Hall–Kier alpha value is -2.90. The maximum Gasteiger partial charge on any atom is 0.274 e. The van der Waals surface area contributed by atoms with Gasteiger partial charge >= 0.3 is 0 Å². The minimum absolute atomic E-state index is 0.210. The lowest BCUT2D eigenvalue weighted by Crippen LogP contribution is -2.36. The molecule has 0 bridgehead atoms. The van der Waals surface area contributed by atoms with Crippen LogP contribution in [0.1, 0.15) is 23.3 Å². The molecule has 1 saturated heterocycles. The summed E-state index contributed by atoms with van der Waals surface area (Å²) in [5.74, 6) is 0.515. The van der Waals surface area contributed by atoms with Gasteiger partial charge in [0, 0.05) is 18.1 Å². The Balaban J connectivity index is 1.86. The van der Waals surface area contributed by atoms with Gasteiger partial charge in [-0.1, -0.05) is 6.07 Å². The van der Waals surface area contributed by atoms with Gasteiger partial charge in [0.25, 0.3) is 5.91 Å². The second-order valence-corrected chi connectivity index (χ2v) is 6.10. The second kappa shape index (κ2) is 5.87. The molecular weight excluding hydrogens is 325 g/mol. The Kier molecular flexibility index (Phi) is 3.67. The van der Waals surface area contributed by atoms with Crippen LogP contribution in [0.4, 0.5) is 10.3 Å². The van der Waals surface area contributed by atoms with Gasteiger partial charge in [0.2, 0.25) is 5.95 Å². The van der Waals surface area contributed by atoms with Crippen LogP contribution in [0, 0.1) is 0 Å². The summed E-state index contributed by atoms with van der Waals surface area (Å²) >= 11 is 0. The molecule has 0 aliphatic carbocycles. The summed E-state index contributed by atoms with van der Waals surface area (Å²) in [6.45, 7) is 0.00648. The van der Waals surface area contributed by atoms with E-state index in [-0.39, 0.29) is 23.6 Å². The number of nitrogen functional groups attached to an aromatic ring is 1. The number of ether oxygens (including phenoxy) is 1. The number of imidazole rings is 1. The molecule has 3 heterocycles. The number of methoxy groups -OCH3 is 1. The van der Waals surface area contributed by atoms with E-state index in [1.54, 1.807) is 28.7 Å². The number of para-hydroxylation sites is 1. The number of rotatable bonds is 3. The van der Waals surface area contributed by atoms with Crippen LogP contribution in [-0.4, -0.2) is 51.5 Å². The molecule has 7 nitrogen and oxygen atoms in total. The number of carbonyl (C=O) groups excluding carboxylic acids is 1. The first-order valence-electron chi connectivity index (χ1n) is 8.12. The van der Waals surface area contributed by atoms with Crippen LogP contribution in [0.2, 0.25) is 0 Å². The molecule has 3 aromatic rings. The van der Waals surface area contributed by atoms with E-state index in [2.05, 4.69) is 9.97 Å². The number of halogens is 1. The van der Waals surface area contributed by atoms with E-state index >= 15 is 0 Å². The first-order valence-corrected chi connectivity index (χ1v) is 8.12. The van der Waals surface area contributed by atoms with Crippen molar-refractivity contribution in [2.45, 2.75) is 18.9 Å². The zero-order valence-electron chi connectivity index (χ0n) is 13.8. The van der Waals surface area contributed by atoms with Crippen molar-refractivity contribution in [3.8, 4) is 5.75 Å². The number of hydrogen-bond donors (Lipinski definition) is 1. The van der Waals surface area contributed by atoms with E-state index < -0.39 is 6.67 Å². The van der Waals surface area contributed by atoms with Crippen molar-refractivity contribution < 1.29 is 13.9 Å². The number of carbonyl (C=O) groups is 1. The van der Waals surface area contributed by atoms with Gasteiger partial charge in [0.1, 0.15) is 29.3 Å². The normalized spacial score (nSPS) is 17.5. The maximum atomic E-state index is 13.1. The van der Waals surface area contributed by atoms with Gasteiger partial charge in [-0.2, -0.15) is 0 Å². The predicted molar refractivity (Wildman–Crippen MR) is 91.5 cm³/mol. The number of fused-ring (bicyclic) bond motifs is 3. The molecule has 1 aliphatic rings. The topological polar surface area (TPSA) is 85.8 Å². The first-order chi connectivity index (χ1) is 12.1. The first kappa shape index (κ1) is 15.6. The van der Waals surface area contributed by atoms with Crippen molar-refractivity contribution in [1.82, 2.24) is 19.3 Å².